The molecule has 1 amide bonds. The first-order valence-electron chi connectivity index (χ1n) is 9.54. The molecule has 0 saturated heterocycles. The van der Waals surface area contributed by atoms with Gasteiger partial charge in [0.1, 0.15) is 11.5 Å². The molecule has 4 rings (SSSR count). The van der Waals surface area contributed by atoms with Crippen molar-refractivity contribution >= 4 is 27.5 Å². The average Bonchev–Trinajstić information content (AvgIpc) is 3.24. The zero-order valence-corrected chi connectivity index (χ0v) is 18.3. The van der Waals surface area contributed by atoms with Crippen LogP contribution in [0.5, 0.6) is 11.5 Å². The molecule has 0 unspecified atom stereocenters. The lowest BCUT2D eigenvalue weighted by atomic mass is 9.98. The predicted octanol–water partition coefficient (Wildman–Crippen LogP) is 5.46. The first-order chi connectivity index (χ1) is 14.6. The molecule has 0 aromatic heterocycles. The number of hydrogen-bond donors (Lipinski definition) is 0. The van der Waals surface area contributed by atoms with Gasteiger partial charge >= 0.3 is 0 Å². The maximum atomic E-state index is 13.3. The Morgan fingerprint density at radius 3 is 2.03 bits per heavy atom. The summed E-state index contributed by atoms with van der Waals surface area (Å²) >= 11 is 3.42. The summed E-state index contributed by atoms with van der Waals surface area (Å²) in [6, 6.07) is 22.7. The van der Waals surface area contributed by atoms with E-state index in [4.69, 9.17) is 14.6 Å². The molecular weight excluding hydrogens is 444 g/mol. The van der Waals surface area contributed by atoms with E-state index in [0.29, 0.717) is 12.0 Å². The summed E-state index contributed by atoms with van der Waals surface area (Å²) in [6.07, 6.45) is 0.626. The molecule has 30 heavy (non-hydrogen) atoms. The van der Waals surface area contributed by atoms with Crippen molar-refractivity contribution in [2.75, 3.05) is 14.2 Å². The zero-order valence-electron chi connectivity index (χ0n) is 16.7. The molecule has 152 valence electrons. The van der Waals surface area contributed by atoms with Crippen LogP contribution < -0.4 is 9.47 Å². The van der Waals surface area contributed by atoms with Gasteiger partial charge in [-0.25, -0.2) is 5.01 Å². The summed E-state index contributed by atoms with van der Waals surface area (Å²) in [5.74, 6) is 1.43. The molecule has 1 heterocycles. The van der Waals surface area contributed by atoms with Gasteiger partial charge in [-0.2, -0.15) is 5.10 Å². The molecule has 5 nitrogen and oxygen atoms in total. The van der Waals surface area contributed by atoms with Gasteiger partial charge in [0.15, 0.2) is 0 Å². The number of hydrogen-bond acceptors (Lipinski definition) is 4. The molecule has 0 spiro atoms. The van der Waals surface area contributed by atoms with E-state index in [9.17, 15) is 4.79 Å². The lowest BCUT2D eigenvalue weighted by molar-refractivity contribution is 0.0711. The van der Waals surface area contributed by atoms with Crippen molar-refractivity contribution in [2.45, 2.75) is 12.5 Å². The Kier molecular flexibility index (Phi) is 5.86. The second-order valence-electron chi connectivity index (χ2n) is 6.92. The van der Waals surface area contributed by atoms with Crippen LogP contribution in [0.25, 0.3) is 0 Å². The Morgan fingerprint density at radius 1 is 0.900 bits per heavy atom. The van der Waals surface area contributed by atoms with Gasteiger partial charge in [0.2, 0.25) is 0 Å². The Hall–Kier alpha value is -3.12. The van der Waals surface area contributed by atoms with E-state index < -0.39 is 0 Å². The van der Waals surface area contributed by atoms with Crippen molar-refractivity contribution < 1.29 is 14.3 Å². The number of methoxy groups -OCH3 is 2. The summed E-state index contributed by atoms with van der Waals surface area (Å²) < 4.78 is 11.4. The molecule has 1 atom stereocenters. The van der Waals surface area contributed by atoms with Gasteiger partial charge in [-0.3, -0.25) is 4.79 Å². The largest absolute Gasteiger partial charge is 0.497 e. The van der Waals surface area contributed by atoms with Gasteiger partial charge in [0, 0.05) is 16.5 Å². The standard InChI is InChI=1S/C24H21BrN2O3/c1-29-20-11-5-16(6-12-20)22-15-23(17-7-13-21(30-2)14-8-17)27(26-22)24(28)18-3-9-19(25)10-4-18/h3-14,23H,15H2,1-2H3/t23-/m1/s1. The van der Waals surface area contributed by atoms with Gasteiger partial charge in [-0.15, -0.1) is 0 Å². The van der Waals surface area contributed by atoms with Gasteiger partial charge in [-0.05, 0) is 71.8 Å². The van der Waals surface area contributed by atoms with Crippen LogP contribution in [-0.2, 0) is 0 Å². The molecule has 1 aliphatic rings. The Labute approximate surface area is 184 Å². The van der Waals surface area contributed by atoms with Gasteiger partial charge in [0.25, 0.3) is 5.91 Å². The maximum Gasteiger partial charge on any atom is 0.274 e. The Balaban J connectivity index is 1.70. The van der Waals surface area contributed by atoms with Crippen LogP contribution in [0, 0.1) is 0 Å². The number of amides is 1. The van der Waals surface area contributed by atoms with E-state index in [-0.39, 0.29) is 11.9 Å². The molecule has 0 N–H and O–H groups in total. The fraction of sp³-hybridized carbons (Fsp3) is 0.167. The smallest absolute Gasteiger partial charge is 0.274 e. The molecule has 0 aliphatic carbocycles. The average molecular weight is 465 g/mol. The topological polar surface area (TPSA) is 51.1 Å². The number of rotatable bonds is 5. The number of carbonyl (C=O) groups excluding carboxylic acids is 1. The summed E-state index contributed by atoms with van der Waals surface area (Å²) in [6.45, 7) is 0. The van der Waals surface area contributed by atoms with Gasteiger partial charge in [0.05, 0.1) is 26.0 Å². The quantitative estimate of drug-likeness (QED) is 0.503. The van der Waals surface area contributed by atoms with Crippen LogP contribution in [0.1, 0.15) is 33.9 Å². The van der Waals surface area contributed by atoms with E-state index >= 15 is 0 Å². The van der Waals surface area contributed by atoms with Crippen LogP contribution in [0.15, 0.2) is 82.4 Å². The molecule has 6 heteroatoms. The van der Waals surface area contributed by atoms with Crippen LogP contribution in [0.2, 0.25) is 0 Å². The highest BCUT2D eigenvalue weighted by Gasteiger charge is 2.33. The van der Waals surface area contributed by atoms with E-state index in [2.05, 4.69) is 15.9 Å². The third-order valence-corrected chi connectivity index (χ3v) is 5.66. The molecule has 0 saturated carbocycles. The van der Waals surface area contributed by atoms with E-state index in [0.717, 1.165) is 32.8 Å². The van der Waals surface area contributed by atoms with Crippen LogP contribution in [-0.4, -0.2) is 30.8 Å². The molecular formula is C24H21BrN2O3. The Morgan fingerprint density at radius 2 is 1.47 bits per heavy atom. The summed E-state index contributed by atoms with van der Waals surface area (Å²) in [5, 5.41) is 6.32. The second-order valence-corrected chi connectivity index (χ2v) is 7.84. The van der Waals surface area contributed by atoms with Crippen molar-refractivity contribution in [1.82, 2.24) is 5.01 Å². The minimum atomic E-state index is -0.191. The number of ether oxygens (including phenoxy) is 2. The van der Waals surface area contributed by atoms with Crippen molar-refractivity contribution in [3.05, 3.63) is 94.0 Å². The number of halogens is 1. The molecule has 3 aromatic rings. The van der Waals surface area contributed by atoms with Crippen molar-refractivity contribution in [3.63, 3.8) is 0 Å². The van der Waals surface area contributed by atoms with E-state index in [1.807, 2.05) is 60.7 Å². The van der Waals surface area contributed by atoms with Gasteiger partial charge < -0.3 is 9.47 Å². The fourth-order valence-electron chi connectivity index (χ4n) is 3.47. The Bertz CT molecular complexity index is 1060. The number of carbonyl (C=O) groups is 1. The maximum absolute atomic E-state index is 13.3. The highest BCUT2D eigenvalue weighted by Crippen LogP contribution is 2.35. The minimum Gasteiger partial charge on any atom is -0.497 e. The first-order valence-corrected chi connectivity index (χ1v) is 10.3. The third kappa shape index (κ3) is 4.09. The number of nitrogens with zero attached hydrogens (tertiary/aromatic N) is 2. The summed E-state index contributed by atoms with van der Waals surface area (Å²) in [4.78, 5) is 13.3. The van der Waals surface area contributed by atoms with Crippen LogP contribution in [0.3, 0.4) is 0 Å². The number of hydrazone groups is 1. The highest BCUT2D eigenvalue weighted by molar-refractivity contribution is 9.10. The van der Waals surface area contributed by atoms with E-state index in [1.54, 1.807) is 31.4 Å². The zero-order chi connectivity index (χ0) is 21.1. The molecule has 0 radical (unpaired) electrons. The highest BCUT2D eigenvalue weighted by atomic mass is 79.9. The third-order valence-electron chi connectivity index (χ3n) is 5.13. The van der Waals surface area contributed by atoms with Crippen molar-refractivity contribution in [2.24, 2.45) is 5.10 Å². The van der Waals surface area contributed by atoms with Crippen LogP contribution >= 0.6 is 15.9 Å². The van der Waals surface area contributed by atoms with Crippen molar-refractivity contribution in [1.29, 1.82) is 0 Å². The first kappa shape index (κ1) is 20.2. The minimum absolute atomic E-state index is 0.133. The summed E-state index contributed by atoms with van der Waals surface area (Å²) in [5.41, 5.74) is 3.44. The molecule has 0 fully saturated rings. The van der Waals surface area contributed by atoms with Gasteiger partial charge in [-0.1, -0.05) is 28.1 Å². The molecule has 1 aliphatic heterocycles. The van der Waals surface area contributed by atoms with E-state index in [1.165, 1.54) is 0 Å². The predicted molar refractivity (Wildman–Crippen MR) is 120 cm³/mol. The van der Waals surface area contributed by atoms with Crippen LogP contribution in [0.4, 0.5) is 0 Å². The van der Waals surface area contributed by atoms with Crippen molar-refractivity contribution in [3.8, 4) is 11.5 Å². The molecule has 0 bridgehead atoms. The fourth-order valence-corrected chi connectivity index (χ4v) is 3.73. The lowest BCUT2D eigenvalue weighted by Gasteiger charge is -2.22. The normalized spacial score (nSPS) is 15.6. The molecule has 3 aromatic carbocycles. The monoisotopic (exact) mass is 464 g/mol. The summed E-state index contributed by atoms with van der Waals surface area (Å²) in [7, 11) is 3.28. The number of benzene rings is 3. The SMILES string of the molecule is COc1ccc(C2=NN(C(=O)c3ccc(Br)cc3)[C@@H](c3ccc(OC)cc3)C2)cc1. The lowest BCUT2D eigenvalue weighted by Crippen LogP contribution is -2.27. The second kappa shape index (κ2) is 8.71.